The Morgan fingerprint density at radius 3 is 2.47 bits per heavy atom. The molecule has 0 bridgehead atoms. The quantitative estimate of drug-likeness (QED) is 0.376. The van der Waals surface area contributed by atoms with Crippen LogP contribution in [0, 0.1) is 0 Å². The van der Waals surface area contributed by atoms with Gasteiger partial charge in [0.15, 0.2) is 0 Å². The van der Waals surface area contributed by atoms with Crippen molar-refractivity contribution in [1.29, 1.82) is 0 Å². The minimum Gasteiger partial charge on any atom is -0.455 e. The number of rotatable bonds is 0. The summed E-state index contributed by atoms with van der Waals surface area (Å²) in [6.45, 7) is 0. The molecule has 0 aliphatic rings. The molecule has 1 nitrogen and oxygen atoms in total. The van der Waals surface area contributed by atoms with Crippen molar-refractivity contribution in [2.45, 2.75) is 0 Å². The maximum absolute atomic E-state index is 6.08. The molecule has 0 saturated carbocycles. The van der Waals surface area contributed by atoms with Gasteiger partial charge in [0.1, 0.15) is 11.2 Å². The van der Waals surface area contributed by atoms with Crippen LogP contribution < -0.4 is 0 Å². The molecule has 3 heteroatoms. The fourth-order valence-corrected chi connectivity index (χ4v) is 3.27. The Hall–Kier alpha value is -1.51. The molecule has 1 aromatic heterocycles. The van der Waals surface area contributed by atoms with Gasteiger partial charge in [-0.15, -0.1) is 0 Å². The van der Waals surface area contributed by atoms with Crippen molar-refractivity contribution in [3.05, 3.63) is 58.0 Å². The SMILES string of the molecule is Clc1ccc2oc3c4ccccc4c(Br)cc3c2c1. The van der Waals surface area contributed by atoms with Crippen LogP contribution in [-0.2, 0) is 0 Å². The van der Waals surface area contributed by atoms with Gasteiger partial charge in [0.05, 0.1) is 0 Å². The van der Waals surface area contributed by atoms with E-state index in [1.165, 1.54) is 0 Å². The molecule has 19 heavy (non-hydrogen) atoms. The summed E-state index contributed by atoms with van der Waals surface area (Å²) in [6, 6.07) is 16.0. The van der Waals surface area contributed by atoms with Crippen molar-refractivity contribution < 1.29 is 4.42 Å². The minimum absolute atomic E-state index is 0.722. The molecule has 0 fully saturated rings. The average molecular weight is 332 g/mol. The normalized spacial score (nSPS) is 11.7. The molecule has 0 aliphatic heterocycles. The molecule has 3 aromatic carbocycles. The van der Waals surface area contributed by atoms with E-state index < -0.39 is 0 Å². The van der Waals surface area contributed by atoms with Crippen LogP contribution in [-0.4, -0.2) is 0 Å². The number of furan rings is 1. The molecule has 0 unspecified atom stereocenters. The monoisotopic (exact) mass is 330 g/mol. The van der Waals surface area contributed by atoms with E-state index in [1.54, 1.807) is 0 Å². The van der Waals surface area contributed by atoms with Crippen LogP contribution in [0.25, 0.3) is 32.7 Å². The van der Waals surface area contributed by atoms with Gasteiger partial charge in [-0.1, -0.05) is 51.8 Å². The van der Waals surface area contributed by atoms with Gasteiger partial charge in [0.25, 0.3) is 0 Å². The Balaban J connectivity index is 2.32. The molecule has 0 amide bonds. The zero-order valence-electron chi connectivity index (χ0n) is 9.78. The Labute approximate surface area is 122 Å². The van der Waals surface area contributed by atoms with Crippen LogP contribution in [0.3, 0.4) is 0 Å². The van der Waals surface area contributed by atoms with Gasteiger partial charge >= 0.3 is 0 Å². The number of fused-ring (bicyclic) bond motifs is 5. The summed E-state index contributed by atoms with van der Waals surface area (Å²) in [4.78, 5) is 0. The van der Waals surface area contributed by atoms with E-state index in [0.29, 0.717) is 0 Å². The van der Waals surface area contributed by atoms with Gasteiger partial charge in [0.2, 0.25) is 0 Å². The van der Waals surface area contributed by atoms with E-state index in [9.17, 15) is 0 Å². The van der Waals surface area contributed by atoms with Crippen LogP contribution in [0.4, 0.5) is 0 Å². The highest BCUT2D eigenvalue weighted by Gasteiger charge is 2.12. The van der Waals surface area contributed by atoms with E-state index in [1.807, 2.05) is 30.3 Å². The first-order chi connectivity index (χ1) is 9.24. The van der Waals surface area contributed by atoms with Crippen molar-refractivity contribution in [1.82, 2.24) is 0 Å². The largest absolute Gasteiger partial charge is 0.455 e. The van der Waals surface area contributed by atoms with Gasteiger partial charge in [0, 0.05) is 25.7 Å². The summed E-state index contributed by atoms with van der Waals surface area (Å²) in [5.41, 5.74) is 1.78. The van der Waals surface area contributed by atoms with Gasteiger partial charge in [-0.3, -0.25) is 0 Å². The Bertz CT molecular complexity index is 940. The molecule has 4 rings (SSSR count). The highest BCUT2D eigenvalue weighted by atomic mass is 79.9. The third kappa shape index (κ3) is 1.60. The summed E-state index contributed by atoms with van der Waals surface area (Å²) < 4.78 is 7.06. The lowest BCUT2D eigenvalue weighted by Crippen LogP contribution is -1.75. The fraction of sp³-hybridized carbons (Fsp3) is 0. The molecular weight excluding hydrogens is 324 g/mol. The first-order valence-corrected chi connectivity index (χ1v) is 7.10. The van der Waals surface area contributed by atoms with Crippen LogP contribution in [0.15, 0.2) is 57.4 Å². The van der Waals surface area contributed by atoms with E-state index in [0.717, 1.165) is 42.2 Å². The topological polar surface area (TPSA) is 13.1 Å². The summed E-state index contributed by atoms with van der Waals surface area (Å²) in [7, 11) is 0. The lowest BCUT2D eigenvalue weighted by molar-refractivity contribution is 0.672. The molecule has 0 N–H and O–H groups in total. The van der Waals surface area contributed by atoms with E-state index >= 15 is 0 Å². The molecule has 0 spiro atoms. The smallest absolute Gasteiger partial charge is 0.143 e. The second-order valence-corrected chi connectivity index (χ2v) is 5.81. The maximum Gasteiger partial charge on any atom is 0.143 e. The zero-order valence-corrected chi connectivity index (χ0v) is 12.1. The number of halogens is 2. The number of hydrogen-bond donors (Lipinski definition) is 0. The second-order valence-electron chi connectivity index (χ2n) is 4.52. The predicted molar refractivity (Wildman–Crippen MR) is 83.9 cm³/mol. The van der Waals surface area contributed by atoms with Gasteiger partial charge in [-0.05, 0) is 29.7 Å². The van der Waals surface area contributed by atoms with Crippen molar-refractivity contribution >= 4 is 60.2 Å². The average Bonchev–Trinajstić information content (AvgIpc) is 2.78. The Kier molecular flexibility index (Phi) is 2.38. The third-order valence-corrected chi connectivity index (χ3v) is 4.28. The lowest BCUT2D eigenvalue weighted by Gasteiger charge is -2.01. The van der Waals surface area contributed by atoms with E-state index in [4.69, 9.17) is 16.0 Å². The summed E-state index contributed by atoms with van der Waals surface area (Å²) in [5, 5.41) is 5.12. The first kappa shape index (κ1) is 11.3. The Morgan fingerprint density at radius 2 is 1.63 bits per heavy atom. The van der Waals surface area contributed by atoms with Crippen molar-refractivity contribution in [2.75, 3.05) is 0 Å². The minimum atomic E-state index is 0.722. The van der Waals surface area contributed by atoms with Crippen LogP contribution in [0.1, 0.15) is 0 Å². The maximum atomic E-state index is 6.08. The second kappa shape index (κ2) is 3.99. The first-order valence-electron chi connectivity index (χ1n) is 5.93. The zero-order chi connectivity index (χ0) is 13.0. The van der Waals surface area contributed by atoms with Crippen molar-refractivity contribution in [3.8, 4) is 0 Å². The molecule has 92 valence electrons. The molecule has 0 radical (unpaired) electrons. The van der Waals surface area contributed by atoms with Crippen LogP contribution in [0.2, 0.25) is 5.02 Å². The molecular formula is C16H8BrClO. The summed E-state index contributed by atoms with van der Waals surface area (Å²) in [5.74, 6) is 0. The van der Waals surface area contributed by atoms with Crippen molar-refractivity contribution in [2.24, 2.45) is 0 Å². The predicted octanol–water partition coefficient (Wildman–Crippen LogP) is 6.16. The van der Waals surface area contributed by atoms with Crippen LogP contribution >= 0.6 is 27.5 Å². The van der Waals surface area contributed by atoms with Gasteiger partial charge in [-0.2, -0.15) is 0 Å². The van der Waals surface area contributed by atoms with Crippen molar-refractivity contribution in [3.63, 3.8) is 0 Å². The standard InChI is InChI=1S/C16H8BrClO/c17-14-8-13-12-7-9(18)5-6-15(12)19-16(13)11-4-2-1-3-10(11)14/h1-8H. The molecule has 0 aliphatic carbocycles. The van der Waals surface area contributed by atoms with Gasteiger partial charge < -0.3 is 4.42 Å². The van der Waals surface area contributed by atoms with E-state index in [2.05, 4.69) is 34.1 Å². The molecule has 4 aromatic rings. The number of hydrogen-bond acceptors (Lipinski definition) is 1. The lowest BCUT2D eigenvalue weighted by atomic mass is 10.1. The van der Waals surface area contributed by atoms with E-state index in [-0.39, 0.29) is 0 Å². The molecule has 0 atom stereocenters. The highest BCUT2D eigenvalue weighted by molar-refractivity contribution is 9.10. The summed E-state index contributed by atoms with van der Waals surface area (Å²) in [6.07, 6.45) is 0. The molecule has 0 saturated heterocycles. The summed E-state index contributed by atoms with van der Waals surface area (Å²) >= 11 is 9.71. The fourth-order valence-electron chi connectivity index (χ4n) is 2.53. The Morgan fingerprint density at radius 1 is 0.842 bits per heavy atom. The highest BCUT2D eigenvalue weighted by Crippen LogP contribution is 2.38. The van der Waals surface area contributed by atoms with Gasteiger partial charge in [-0.25, -0.2) is 0 Å². The third-order valence-electron chi connectivity index (χ3n) is 3.39. The van der Waals surface area contributed by atoms with Crippen LogP contribution in [0.5, 0.6) is 0 Å². The molecule has 1 heterocycles. The number of benzene rings is 3.